The summed E-state index contributed by atoms with van der Waals surface area (Å²) in [4.78, 5) is 38.1. The van der Waals surface area contributed by atoms with Crippen LogP contribution in [-0.2, 0) is 19.1 Å². The van der Waals surface area contributed by atoms with Gasteiger partial charge in [-0.2, -0.15) is 0 Å². The molecule has 0 radical (unpaired) electrons. The van der Waals surface area contributed by atoms with Gasteiger partial charge in [-0.1, -0.05) is 54.5 Å². The first kappa shape index (κ1) is 30.3. The average molecular weight is 428 g/mol. The van der Waals surface area contributed by atoms with Gasteiger partial charge in [-0.15, -0.1) is 0 Å². The molecule has 30 heavy (non-hydrogen) atoms. The van der Waals surface area contributed by atoms with E-state index in [4.69, 9.17) is 10.5 Å². The van der Waals surface area contributed by atoms with E-state index in [2.05, 4.69) is 26.1 Å². The van der Waals surface area contributed by atoms with Gasteiger partial charge in [-0.05, 0) is 38.5 Å². The maximum Gasteiger partial charge on any atom is 0.333 e. The Morgan fingerprint density at radius 2 is 1.53 bits per heavy atom. The van der Waals surface area contributed by atoms with Crippen molar-refractivity contribution in [2.24, 2.45) is 17.6 Å². The number of nitrogens with one attached hydrogen (secondary N) is 1. The van der Waals surface area contributed by atoms with Crippen molar-refractivity contribution in [3.8, 4) is 0 Å². The van der Waals surface area contributed by atoms with E-state index in [0.29, 0.717) is 25.0 Å². The minimum absolute atomic E-state index is 0.0870. The van der Waals surface area contributed by atoms with Crippen LogP contribution in [0.2, 0.25) is 0 Å². The van der Waals surface area contributed by atoms with E-state index in [1.54, 1.807) is 27.0 Å². The van der Waals surface area contributed by atoms with Crippen molar-refractivity contribution < 1.29 is 19.1 Å². The number of nitrogens with two attached hydrogens (primary N) is 1. The Kier molecular flexibility index (Phi) is 15.1. The summed E-state index contributed by atoms with van der Waals surface area (Å²) in [6, 6.07) is -0.288. The molecular formula is C23H45N3O4. The van der Waals surface area contributed by atoms with Gasteiger partial charge in [0.1, 0.15) is 0 Å². The third kappa shape index (κ3) is 11.3. The Balaban J connectivity index is 0. The lowest BCUT2D eigenvalue weighted by atomic mass is 9.93. The summed E-state index contributed by atoms with van der Waals surface area (Å²) in [7, 11) is 1.66. The molecule has 0 aliphatic rings. The highest BCUT2D eigenvalue weighted by Gasteiger charge is 2.30. The van der Waals surface area contributed by atoms with Crippen molar-refractivity contribution in [3.05, 3.63) is 11.6 Å². The highest BCUT2D eigenvalue weighted by Crippen LogP contribution is 2.15. The summed E-state index contributed by atoms with van der Waals surface area (Å²) in [6.07, 6.45) is 2.72. The molecule has 0 aromatic heterocycles. The number of carbonyl (C=O) groups is 3. The fourth-order valence-corrected chi connectivity index (χ4v) is 2.51. The van der Waals surface area contributed by atoms with Crippen molar-refractivity contribution >= 4 is 17.8 Å². The summed E-state index contributed by atoms with van der Waals surface area (Å²) >= 11 is 0. The summed E-state index contributed by atoms with van der Waals surface area (Å²) in [5.74, 6) is -0.0573. The maximum absolute atomic E-state index is 12.5. The first-order valence-electron chi connectivity index (χ1n) is 11.0. The van der Waals surface area contributed by atoms with E-state index in [-0.39, 0.29) is 30.3 Å². The van der Waals surface area contributed by atoms with Crippen molar-refractivity contribution in [2.75, 3.05) is 20.2 Å². The highest BCUT2D eigenvalue weighted by atomic mass is 16.5. The lowest BCUT2D eigenvalue weighted by Gasteiger charge is -2.30. The number of hydrogen-bond donors (Lipinski definition) is 2. The Morgan fingerprint density at radius 1 is 1.07 bits per heavy atom. The smallest absolute Gasteiger partial charge is 0.333 e. The van der Waals surface area contributed by atoms with Crippen molar-refractivity contribution in [2.45, 2.75) is 86.7 Å². The number of carbonyl (C=O) groups excluding carboxylic acids is 3. The van der Waals surface area contributed by atoms with Crippen molar-refractivity contribution in [1.29, 1.82) is 0 Å². The Morgan fingerprint density at radius 3 is 1.90 bits per heavy atom. The summed E-state index contributed by atoms with van der Waals surface area (Å²) in [6.45, 7) is 17.7. The van der Waals surface area contributed by atoms with Gasteiger partial charge >= 0.3 is 5.97 Å². The molecule has 7 heteroatoms. The third-order valence-corrected chi connectivity index (χ3v) is 4.66. The molecule has 0 aromatic rings. The molecule has 1 atom stereocenters. The quantitative estimate of drug-likeness (QED) is 0.411. The lowest BCUT2D eigenvalue weighted by molar-refractivity contribution is -0.138. The number of hydrogen-bond acceptors (Lipinski definition) is 5. The zero-order valence-electron chi connectivity index (χ0n) is 20.8. The van der Waals surface area contributed by atoms with Crippen LogP contribution in [0.5, 0.6) is 0 Å². The first-order valence-corrected chi connectivity index (χ1v) is 11.0. The van der Waals surface area contributed by atoms with Gasteiger partial charge in [0.25, 0.3) is 0 Å². The van der Waals surface area contributed by atoms with Crippen molar-refractivity contribution in [3.63, 3.8) is 0 Å². The summed E-state index contributed by atoms with van der Waals surface area (Å²) < 4.78 is 4.98. The summed E-state index contributed by atoms with van der Waals surface area (Å²) in [5, 5.41) is 2.63. The van der Waals surface area contributed by atoms with Crippen LogP contribution in [-0.4, -0.2) is 54.5 Å². The van der Waals surface area contributed by atoms with Gasteiger partial charge in [0.05, 0.1) is 24.7 Å². The molecule has 0 aromatic carbocycles. The second-order valence-corrected chi connectivity index (χ2v) is 8.59. The third-order valence-electron chi connectivity index (χ3n) is 4.66. The largest absolute Gasteiger partial charge is 0.463 e. The molecule has 0 aliphatic heterocycles. The lowest BCUT2D eigenvalue weighted by Crippen LogP contribution is -2.55. The molecule has 2 amide bonds. The van der Waals surface area contributed by atoms with Crippen LogP contribution in [0.1, 0.15) is 75.2 Å². The van der Waals surface area contributed by atoms with E-state index in [0.717, 1.165) is 5.92 Å². The number of ether oxygens (including phenoxy) is 1. The molecule has 0 saturated heterocycles. The minimum atomic E-state index is -0.962. The second kappa shape index (κ2) is 15.0. The molecule has 0 rings (SSSR count). The molecule has 0 heterocycles. The van der Waals surface area contributed by atoms with E-state index in [9.17, 15) is 14.4 Å². The summed E-state index contributed by atoms with van der Waals surface area (Å²) in [5.41, 5.74) is 5.53. The van der Waals surface area contributed by atoms with Gasteiger partial charge in [-0.3, -0.25) is 9.59 Å². The highest BCUT2D eigenvalue weighted by molar-refractivity contribution is 5.90. The number of nitrogens with zero attached hydrogens (tertiary/aromatic N) is 1. The van der Waals surface area contributed by atoms with Crippen LogP contribution >= 0.6 is 0 Å². The molecule has 0 aliphatic carbocycles. The monoisotopic (exact) mass is 427 g/mol. The fourth-order valence-electron chi connectivity index (χ4n) is 2.51. The van der Waals surface area contributed by atoms with E-state index >= 15 is 0 Å². The topological polar surface area (TPSA) is 102 Å². The maximum atomic E-state index is 12.5. The molecule has 3 N–H and O–H groups in total. The molecule has 0 bridgehead atoms. The van der Waals surface area contributed by atoms with Crippen LogP contribution in [0.25, 0.3) is 0 Å². The Hall–Kier alpha value is -1.89. The van der Waals surface area contributed by atoms with Gasteiger partial charge in [0.15, 0.2) is 0 Å². The van der Waals surface area contributed by atoms with Gasteiger partial charge in [0, 0.05) is 12.6 Å². The van der Waals surface area contributed by atoms with Crippen LogP contribution in [0.3, 0.4) is 0 Å². The Labute approximate surface area is 183 Å². The van der Waals surface area contributed by atoms with Crippen LogP contribution < -0.4 is 11.1 Å². The number of esters is 1. The minimum Gasteiger partial charge on any atom is -0.463 e. The van der Waals surface area contributed by atoms with Gasteiger partial charge in [-0.25, -0.2) is 4.79 Å². The van der Waals surface area contributed by atoms with E-state index in [1.807, 2.05) is 27.7 Å². The van der Waals surface area contributed by atoms with E-state index in [1.165, 1.54) is 4.90 Å². The molecule has 0 saturated carbocycles. The van der Waals surface area contributed by atoms with Crippen LogP contribution in [0.4, 0.5) is 0 Å². The second-order valence-electron chi connectivity index (χ2n) is 8.59. The molecule has 0 spiro atoms. The number of rotatable bonds is 10. The van der Waals surface area contributed by atoms with Crippen molar-refractivity contribution in [1.82, 2.24) is 10.2 Å². The normalized spacial score (nSPS) is 12.8. The molecule has 0 unspecified atom stereocenters. The number of likely N-dealkylation sites (N-methyl/N-ethyl adjacent to an activating group) is 1. The van der Waals surface area contributed by atoms with Gasteiger partial charge < -0.3 is 20.7 Å². The van der Waals surface area contributed by atoms with Crippen LogP contribution in [0.15, 0.2) is 11.6 Å². The number of amides is 2. The predicted molar refractivity (Wildman–Crippen MR) is 123 cm³/mol. The van der Waals surface area contributed by atoms with E-state index < -0.39 is 11.5 Å². The Bertz CT molecular complexity index is 564. The molecule has 0 fully saturated rings. The molecule has 7 nitrogen and oxygen atoms in total. The SMILES string of the molecule is CC(C)C.CCOC(=O)/C(C)=C/[C@H](C(C)C)N(C)C(=O)CNC(=O)C(N)(CC)CC. The zero-order chi connectivity index (χ0) is 24.1. The molecular weight excluding hydrogens is 382 g/mol. The standard InChI is InChI=1S/C19H35N3O4.C4H10/c1-8-19(20,9-2)18(25)21-12-16(23)22(7)15(13(4)5)11-14(6)17(24)26-10-3;1-4(2)3/h11,13,15H,8-10,12,20H2,1-7H3,(H,21,25);4H,1-3H3/b14-11+;/t15-;/m1./s1. The first-order chi connectivity index (χ1) is 13.8. The van der Waals surface area contributed by atoms with Gasteiger partial charge in [0.2, 0.25) is 11.8 Å². The fraction of sp³-hybridized carbons (Fsp3) is 0.783. The zero-order valence-corrected chi connectivity index (χ0v) is 20.8. The average Bonchev–Trinajstić information content (AvgIpc) is 2.67. The predicted octanol–water partition coefficient (Wildman–Crippen LogP) is 3.27. The molecule has 176 valence electrons. The van der Waals surface area contributed by atoms with Crippen LogP contribution in [0, 0.1) is 11.8 Å².